The van der Waals surface area contributed by atoms with Gasteiger partial charge in [0.25, 0.3) is 0 Å². The van der Waals surface area contributed by atoms with E-state index < -0.39 is 0 Å². The molecule has 0 bridgehead atoms. The third-order valence-corrected chi connectivity index (χ3v) is 5.33. The van der Waals surface area contributed by atoms with Gasteiger partial charge in [-0.05, 0) is 47.8 Å². The average molecular weight is 300 g/mol. The Kier molecular flexibility index (Phi) is 4.25. The SMILES string of the molecule is CCC(C)(C)c1cc(C(C)(C)CC)c2oc(=O)cc(C)c2c1. The van der Waals surface area contributed by atoms with Crippen molar-refractivity contribution in [1.29, 1.82) is 0 Å². The van der Waals surface area contributed by atoms with E-state index in [1.807, 2.05) is 6.92 Å². The highest BCUT2D eigenvalue weighted by molar-refractivity contribution is 5.85. The average Bonchev–Trinajstić information content (AvgIpc) is 2.46. The van der Waals surface area contributed by atoms with Crippen LogP contribution in [0.4, 0.5) is 0 Å². The van der Waals surface area contributed by atoms with Crippen molar-refractivity contribution < 1.29 is 4.42 Å². The summed E-state index contributed by atoms with van der Waals surface area (Å²) in [6, 6.07) is 6.04. The molecular formula is C20H28O2. The maximum Gasteiger partial charge on any atom is 0.336 e. The number of hydrogen-bond donors (Lipinski definition) is 0. The Morgan fingerprint density at radius 3 is 2.09 bits per heavy atom. The number of fused-ring (bicyclic) bond motifs is 1. The Morgan fingerprint density at radius 2 is 1.55 bits per heavy atom. The fourth-order valence-electron chi connectivity index (χ4n) is 2.70. The van der Waals surface area contributed by atoms with Gasteiger partial charge in [-0.2, -0.15) is 0 Å². The molecule has 0 atom stereocenters. The van der Waals surface area contributed by atoms with Gasteiger partial charge in [0, 0.05) is 17.0 Å². The molecule has 1 aromatic carbocycles. The van der Waals surface area contributed by atoms with Gasteiger partial charge in [-0.25, -0.2) is 4.79 Å². The van der Waals surface area contributed by atoms with E-state index >= 15 is 0 Å². The molecule has 2 nitrogen and oxygen atoms in total. The van der Waals surface area contributed by atoms with E-state index in [0.717, 1.165) is 34.9 Å². The second kappa shape index (κ2) is 5.57. The summed E-state index contributed by atoms with van der Waals surface area (Å²) >= 11 is 0. The molecule has 22 heavy (non-hydrogen) atoms. The molecular weight excluding hydrogens is 272 g/mol. The van der Waals surface area contributed by atoms with E-state index in [0.29, 0.717) is 0 Å². The predicted octanol–water partition coefficient (Wildman–Crippen LogP) is 5.48. The summed E-state index contributed by atoms with van der Waals surface area (Å²) in [6.45, 7) is 15.4. The molecule has 1 aromatic heterocycles. The van der Waals surface area contributed by atoms with Gasteiger partial charge in [0.2, 0.25) is 0 Å². The van der Waals surface area contributed by atoms with Gasteiger partial charge in [-0.3, -0.25) is 0 Å². The Bertz CT molecular complexity index is 748. The quantitative estimate of drug-likeness (QED) is 0.700. The summed E-state index contributed by atoms with van der Waals surface area (Å²) in [5.74, 6) is 0. The second-order valence-corrected chi connectivity index (χ2v) is 7.62. The monoisotopic (exact) mass is 300 g/mol. The maximum absolute atomic E-state index is 11.8. The Labute approximate surface area is 133 Å². The molecule has 0 aliphatic heterocycles. The minimum absolute atomic E-state index is 0.0260. The number of hydrogen-bond acceptors (Lipinski definition) is 2. The summed E-state index contributed by atoms with van der Waals surface area (Å²) < 4.78 is 5.61. The fraction of sp³-hybridized carbons (Fsp3) is 0.550. The third-order valence-electron chi connectivity index (χ3n) is 5.33. The van der Waals surface area contributed by atoms with Crippen LogP contribution < -0.4 is 5.63 Å². The standard InChI is InChI=1S/C20H28O2/c1-8-19(4,5)14-11-15-13(3)10-17(21)22-18(15)16(12-14)20(6,7)9-2/h10-12H,8-9H2,1-7H3. The lowest BCUT2D eigenvalue weighted by Crippen LogP contribution is -2.21. The second-order valence-electron chi connectivity index (χ2n) is 7.62. The van der Waals surface area contributed by atoms with Crippen molar-refractivity contribution in [3.8, 4) is 0 Å². The van der Waals surface area contributed by atoms with Crippen molar-refractivity contribution >= 4 is 11.0 Å². The van der Waals surface area contributed by atoms with Crippen LogP contribution in [0.2, 0.25) is 0 Å². The topological polar surface area (TPSA) is 30.2 Å². The molecule has 2 heteroatoms. The summed E-state index contributed by atoms with van der Waals surface area (Å²) in [5.41, 5.74) is 4.03. The smallest absolute Gasteiger partial charge is 0.336 e. The first-order valence-electron chi connectivity index (χ1n) is 8.22. The minimum atomic E-state index is -0.263. The Morgan fingerprint density at radius 1 is 0.955 bits per heavy atom. The molecule has 0 radical (unpaired) electrons. The van der Waals surface area contributed by atoms with E-state index in [9.17, 15) is 4.79 Å². The number of benzene rings is 1. The highest BCUT2D eigenvalue weighted by Crippen LogP contribution is 2.38. The van der Waals surface area contributed by atoms with Crippen molar-refractivity contribution in [3.63, 3.8) is 0 Å². The zero-order valence-corrected chi connectivity index (χ0v) is 15.0. The molecule has 120 valence electrons. The van der Waals surface area contributed by atoms with Crippen LogP contribution in [0.1, 0.15) is 71.1 Å². The van der Waals surface area contributed by atoms with Crippen LogP contribution in [-0.4, -0.2) is 0 Å². The first-order chi connectivity index (χ1) is 10.1. The molecule has 0 fully saturated rings. The molecule has 0 unspecified atom stereocenters. The van der Waals surface area contributed by atoms with Gasteiger partial charge in [-0.1, -0.05) is 47.6 Å². The van der Waals surface area contributed by atoms with E-state index in [4.69, 9.17) is 4.42 Å². The predicted molar refractivity (Wildman–Crippen MR) is 93.9 cm³/mol. The van der Waals surface area contributed by atoms with Gasteiger partial charge < -0.3 is 4.42 Å². The maximum atomic E-state index is 11.8. The zero-order chi connectivity index (χ0) is 16.7. The lowest BCUT2D eigenvalue weighted by atomic mass is 9.75. The third kappa shape index (κ3) is 2.84. The molecule has 0 spiro atoms. The van der Waals surface area contributed by atoms with Crippen LogP contribution in [0.3, 0.4) is 0 Å². The summed E-state index contributed by atoms with van der Waals surface area (Å²) in [7, 11) is 0. The first-order valence-corrected chi connectivity index (χ1v) is 8.22. The molecule has 2 rings (SSSR count). The normalized spacial score (nSPS) is 12.9. The van der Waals surface area contributed by atoms with E-state index in [-0.39, 0.29) is 16.5 Å². The van der Waals surface area contributed by atoms with Crippen LogP contribution in [0, 0.1) is 6.92 Å². The lowest BCUT2D eigenvalue weighted by molar-refractivity contribution is 0.476. The fourth-order valence-corrected chi connectivity index (χ4v) is 2.70. The van der Waals surface area contributed by atoms with E-state index in [1.165, 1.54) is 5.56 Å². The van der Waals surface area contributed by atoms with Gasteiger partial charge in [-0.15, -0.1) is 0 Å². The van der Waals surface area contributed by atoms with E-state index in [2.05, 4.69) is 53.7 Å². The van der Waals surface area contributed by atoms with Crippen molar-refractivity contribution in [1.82, 2.24) is 0 Å². The van der Waals surface area contributed by atoms with Crippen LogP contribution >= 0.6 is 0 Å². The summed E-state index contributed by atoms with van der Waals surface area (Å²) in [5, 5.41) is 1.06. The van der Waals surface area contributed by atoms with Crippen molar-refractivity contribution in [2.75, 3.05) is 0 Å². The van der Waals surface area contributed by atoms with Gasteiger partial charge in [0.15, 0.2) is 0 Å². The van der Waals surface area contributed by atoms with Crippen molar-refractivity contribution in [3.05, 3.63) is 45.3 Å². The highest BCUT2D eigenvalue weighted by Gasteiger charge is 2.27. The van der Waals surface area contributed by atoms with Gasteiger partial charge in [0.05, 0.1) is 0 Å². The van der Waals surface area contributed by atoms with Gasteiger partial charge in [0.1, 0.15) is 5.58 Å². The highest BCUT2D eigenvalue weighted by atomic mass is 16.4. The van der Waals surface area contributed by atoms with Crippen LogP contribution in [0.15, 0.2) is 27.4 Å². The Balaban J connectivity index is 2.93. The summed E-state index contributed by atoms with van der Waals surface area (Å²) in [6.07, 6.45) is 2.07. The zero-order valence-electron chi connectivity index (χ0n) is 15.0. The largest absolute Gasteiger partial charge is 0.422 e. The van der Waals surface area contributed by atoms with Crippen LogP contribution in [0.5, 0.6) is 0 Å². The molecule has 0 N–H and O–H groups in total. The van der Waals surface area contributed by atoms with Gasteiger partial charge >= 0.3 is 5.63 Å². The van der Waals surface area contributed by atoms with Crippen molar-refractivity contribution in [2.45, 2.75) is 72.1 Å². The van der Waals surface area contributed by atoms with Crippen LogP contribution in [-0.2, 0) is 10.8 Å². The number of aryl methyl sites for hydroxylation is 1. The Hall–Kier alpha value is -1.57. The molecule has 0 aliphatic carbocycles. The molecule has 0 aliphatic rings. The lowest BCUT2D eigenvalue weighted by Gasteiger charge is -2.29. The molecule has 1 heterocycles. The molecule has 0 amide bonds. The molecule has 0 saturated carbocycles. The van der Waals surface area contributed by atoms with Crippen molar-refractivity contribution in [2.24, 2.45) is 0 Å². The van der Waals surface area contributed by atoms with Crippen LogP contribution in [0.25, 0.3) is 11.0 Å². The minimum Gasteiger partial charge on any atom is -0.422 e. The number of rotatable bonds is 4. The summed E-state index contributed by atoms with van der Waals surface area (Å²) in [4.78, 5) is 11.8. The van der Waals surface area contributed by atoms with E-state index in [1.54, 1.807) is 6.07 Å². The molecule has 2 aromatic rings. The first kappa shape index (κ1) is 16.8. The molecule has 0 saturated heterocycles.